The summed E-state index contributed by atoms with van der Waals surface area (Å²) in [7, 11) is 3.03. The second-order valence-electron chi connectivity index (χ2n) is 7.49. The molecule has 0 spiro atoms. The topological polar surface area (TPSA) is 74.3 Å². The van der Waals surface area contributed by atoms with Crippen LogP contribution in [-0.2, 0) is 21.2 Å². The van der Waals surface area contributed by atoms with Gasteiger partial charge in [-0.2, -0.15) is 13.2 Å². The van der Waals surface area contributed by atoms with E-state index in [-0.39, 0.29) is 29.9 Å². The van der Waals surface area contributed by atoms with Gasteiger partial charge in [-0.05, 0) is 42.3 Å². The maximum absolute atomic E-state index is 13.7. The Morgan fingerprint density at radius 3 is 2.31 bits per heavy atom. The Morgan fingerprint density at radius 1 is 1.16 bits per heavy atom. The van der Waals surface area contributed by atoms with Gasteiger partial charge in [0.15, 0.2) is 5.78 Å². The van der Waals surface area contributed by atoms with Crippen LogP contribution >= 0.6 is 0 Å². The Labute approximate surface area is 182 Å². The van der Waals surface area contributed by atoms with E-state index in [2.05, 4.69) is 15.6 Å². The van der Waals surface area contributed by atoms with Crippen molar-refractivity contribution in [3.05, 3.63) is 71.1 Å². The number of amides is 1. The molecule has 2 aromatic rings. The number of carbonyl (C=O) groups is 2. The van der Waals surface area contributed by atoms with Crippen molar-refractivity contribution in [2.75, 3.05) is 26.0 Å². The number of carbonyl (C=O) groups excluding carboxylic acids is 2. The average Bonchev–Trinajstić information content (AvgIpc) is 2.76. The molecule has 10 heteroatoms. The van der Waals surface area contributed by atoms with Crippen molar-refractivity contribution in [1.29, 1.82) is 0 Å². The van der Waals surface area contributed by atoms with Crippen LogP contribution in [0.3, 0.4) is 0 Å². The summed E-state index contributed by atoms with van der Waals surface area (Å²) in [6.07, 6.45) is -3.34. The molecule has 1 aromatic heterocycles. The summed E-state index contributed by atoms with van der Waals surface area (Å²) in [5.41, 5.74) is -1.79. The Balaban J connectivity index is 2.09. The first kappa shape index (κ1) is 23.2. The molecular formula is C22H22F4N4O2. The van der Waals surface area contributed by atoms with Crippen LogP contribution in [-0.4, -0.2) is 42.2 Å². The van der Waals surface area contributed by atoms with Gasteiger partial charge in [-0.3, -0.25) is 14.6 Å². The highest BCUT2D eigenvalue weighted by atomic mass is 19.4. The number of rotatable bonds is 5. The number of halogens is 4. The molecule has 2 N–H and O–H groups in total. The van der Waals surface area contributed by atoms with Crippen LogP contribution in [0.25, 0.3) is 0 Å². The maximum Gasteiger partial charge on any atom is 0.433 e. The minimum Gasteiger partial charge on any atom is -0.374 e. The molecule has 1 aliphatic heterocycles. The fourth-order valence-electron chi connectivity index (χ4n) is 3.77. The van der Waals surface area contributed by atoms with Crippen LogP contribution in [0.2, 0.25) is 0 Å². The van der Waals surface area contributed by atoms with Crippen LogP contribution in [0.15, 0.2) is 54.0 Å². The minimum atomic E-state index is -4.61. The van der Waals surface area contributed by atoms with Crippen molar-refractivity contribution in [2.24, 2.45) is 0 Å². The number of hydrogen-bond acceptors (Lipinski definition) is 5. The first-order valence-electron chi connectivity index (χ1n) is 9.82. The molecule has 1 aromatic carbocycles. The highest BCUT2D eigenvalue weighted by Crippen LogP contribution is 2.38. The lowest BCUT2D eigenvalue weighted by Crippen LogP contribution is -2.55. The molecule has 1 unspecified atom stereocenters. The number of anilines is 1. The van der Waals surface area contributed by atoms with E-state index in [1.165, 1.54) is 49.3 Å². The summed E-state index contributed by atoms with van der Waals surface area (Å²) >= 11 is 0. The molecule has 0 saturated carbocycles. The first-order chi connectivity index (χ1) is 15.0. The van der Waals surface area contributed by atoms with Gasteiger partial charge in [0, 0.05) is 32.5 Å². The summed E-state index contributed by atoms with van der Waals surface area (Å²) < 4.78 is 52.1. The summed E-state index contributed by atoms with van der Waals surface area (Å²) in [6.45, 7) is 1.72. The van der Waals surface area contributed by atoms with Crippen LogP contribution in [0.4, 0.5) is 23.2 Å². The predicted molar refractivity (Wildman–Crippen MR) is 110 cm³/mol. The predicted octanol–water partition coefficient (Wildman–Crippen LogP) is 3.47. The summed E-state index contributed by atoms with van der Waals surface area (Å²) in [5.74, 6) is -1.42. The maximum atomic E-state index is 13.7. The zero-order valence-electron chi connectivity index (χ0n) is 17.7. The van der Waals surface area contributed by atoms with E-state index in [0.717, 1.165) is 12.3 Å². The summed E-state index contributed by atoms with van der Waals surface area (Å²) in [6, 6.07) is 7.39. The smallest absolute Gasteiger partial charge is 0.374 e. The van der Waals surface area contributed by atoms with Gasteiger partial charge in [-0.25, -0.2) is 4.39 Å². The lowest BCUT2D eigenvalue weighted by molar-refractivity contribution is -0.141. The van der Waals surface area contributed by atoms with Gasteiger partial charge in [0.2, 0.25) is 0 Å². The third kappa shape index (κ3) is 4.17. The molecule has 1 amide bonds. The number of Topliss-reactive ketones (excluding diaryl/α,β-unsaturated/α-hetero) is 1. The van der Waals surface area contributed by atoms with E-state index in [9.17, 15) is 27.2 Å². The second kappa shape index (κ2) is 8.60. The van der Waals surface area contributed by atoms with Gasteiger partial charge in [-0.1, -0.05) is 13.0 Å². The molecular weight excluding hydrogens is 428 g/mol. The highest BCUT2D eigenvalue weighted by molar-refractivity contribution is 6.25. The third-order valence-corrected chi connectivity index (χ3v) is 5.55. The van der Waals surface area contributed by atoms with Crippen LogP contribution < -0.4 is 10.6 Å². The van der Waals surface area contributed by atoms with E-state index in [1.807, 2.05) is 0 Å². The Bertz CT molecular complexity index is 1050. The number of pyridine rings is 1. The number of aromatic nitrogens is 1. The number of nitrogens with zero attached hydrogens (tertiary/aromatic N) is 2. The van der Waals surface area contributed by atoms with E-state index < -0.39 is 34.8 Å². The van der Waals surface area contributed by atoms with Gasteiger partial charge in [0.25, 0.3) is 5.91 Å². The molecule has 6 nitrogen and oxygen atoms in total. The minimum absolute atomic E-state index is 0.00868. The van der Waals surface area contributed by atoms with Crippen LogP contribution in [0.1, 0.15) is 24.6 Å². The van der Waals surface area contributed by atoms with Gasteiger partial charge in [0.1, 0.15) is 22.9 Å². The zero-order chi connectivity index (χ0) is 23.7. The SMILES string of the molecule is CCC1(c2ccc(C(F)(F)F)nc2)CN(C)C(=O)C(=C(NC)Nc2ccc(F)cc2)C1=O. The number of alkyl halides is 3. The Hall–Kier alpha value is -3.43. The number of nitrogens with one attached hydrogen (secondary N) is 2. The van der Waals surface area contributed by atoms with Crippen molar-refractivity contribution < 1.29 is 27.2 Å². The van der Waals surface area contributed by atoms with Gasteiger partial charge in [-0.15, -0.1) is 0 Å². The lowest BCUT2D eigenvalue weighted by atomic mass is 9.70. The van der Waals surface area contributed by atoms with Gasteiger partial charge < -0.3 is 15.5 Å². The van der Waals surface area contributed by atoms with Gasteiger partial charge >= 0.3 is 6.18 Å². The van der Waals surface area contributed by atoms with E-state index in [0.29, 0.717) is 5.69 Å². The third-order valence-electron chi connectivity index (χ3n) is 5.55. The number of piperidine rings is 1. The fourth-order valence-corrected chi connectivity index (χ4v) is 3.77. The highest BCUT2D eigenvalue weighted by Gasteiger charge is 2.49. The average molecular weight is 450 g/mol. The summed E-state index contributed by atoms with van der Waals surface area (Å²) in [5, 5.41) is 5.72. The fraction of sp³-hybridized carbons (Fsp3) is 0.318. The number of likely N-dealkylation sites (tertiary alicyclic amines) is 1. The molecule has 0 radical (unpaired) electrons. The molecule has 2 heterocycles. The number of benzene rings is 1. The van der Waals surface area contributed by atoms with E-state index >= 15 is 0 Å². The van der Waals surface area contributed by atoms with Gasteiger partial charge in [0.05, 0.1) is 5.41 Å². The molecule has 1 aliphatic rings. The lowest BCUT2D eigenvalue weighted by Gasteiger charge is -2.41. The molecule has 170 valence electrons. The Morgan fingerprint density at radius 2 is 1.81 bits per heavy atom. The normalized spacial score (nSPS) is 20.9. The molecule has 1 atom stereocenters. The van der Waals surface area contributed by atoms with E-state index in [4.69, 9.17) is 0 Å². The Kier molecular flexibility index (Phi) is 6.25. The van der Waals surface area contributed by atoms with Crippen molar-refractivity contribution in [2.45, 2.75) is 24.9 Å². The second-order valence-corrected chi connectivity index (χ2v) is 7.49. The van der Waals surface area contributed by atoms with E-state index in [1.54, 1.807) is 6.92 Å². The zero-order valence-corrected chi connectivity index (χ0v) is 17.7. The molecule has 0 aliphatic carbocycles. The van der Waals surface area contributed by atoms with Crippen molar-refractivity contribution in [1.82, 2.24) is 15.2 Å². The standard InChI is InChI=1S/C22H22F4N4O2/c1-4-21(13-5-10-16(28-11-13)22(24,25)26)12-30(3)20(32)17(18(21)31)19(27-2)29-15-8-6-14(23)7-9-15/h5-11,27,29H,4,12H2,1-3H3. The van der Waals surface area contributed by atoms with Crippen LogP contribution in [0, 0.1) is 5.82 Å². The molecule has 0 bridgehead atoms. The summed E-state index contributed by atoms with van der Waals surface area (Å²) in [4.78, 5) is 31.5. The monoisotopic (exact) mass is 450 g/mol. The van der Waals surface area contributed by atoms with Crippen molar-refractivity contribution in [3.8, 4) is 0 Å². The van der Waals surface area contributed by atoms with Crippen LogP contribution in [0.5, 0.6) is 0 Å². The molecule has 3 rings (SSSR count). The number of likely N-dealkylation sites (N-methyl/N-ethyl adjacent to an activating group) is 1. The van der Waals surface area contributed by atoms with Crippen molar-refractivity contribution >= 4 is 17.4 Å². The molecule has 1 fully saturated rings. The van der Waals surface area contributed by atoms with Crippen molar-refractivity contribution in [3.63, 3.8) is 0 Å². The number of hydrogen-bond donors (Lipinski definition) is 2. The molecule has 1 saturated heterocycles. The quantitative estimate of drug-likeness (QED) is 0.415. The first-order valence-corrected chi connectivity index (χ1v) is 9.82. The largest absolute Gasteiger partial charge is 0.433 e. The molecule has 32 heavy (non-hydrogen) atoms. The number of ketones is 1.